The molecule has 1 aliphatic carbocycles. The SMILES string of the molecule is CCCCC[C@@H](O)C=CC1C(CC=CCCCC(=O)O)C2(C[C@H]1C#N)OCCO2. The number of nitrogens with zero attached hydrogens (tertiary/aromatic N) is 1. The van der Waals surface area contributed by atoms with Crippen molar-refractivity contribution in [3.63, 3.8) is 0 Å². The Balaban J connectivity index is 2.03. The predicted octanol–water partition coefficient (Wildman–Crippen LogP) is 4.20. The van der Waals surface area contributed by atoms with E-state index in [1.54, 1.807) is 0 Å². The summed E-state index contributed by atoms with van der Waals surface area (Å²) in [7, 11) is 0. The number of hydrogen-bond acceptors (Lipinski definition) is 5. The highest BCUT2D eigenvalue weighted by molar-refractivity contribution is 5.66. The van der Waals surface area contributed by atoms with Gasteiger partial charge < -0.3 is 19.7 Å². The van der Waals surface area contributed by atoms with Crippen LogP contribution in [0.4, 0.5) is 0 Å². The number of nitriles is 1. The predicted molar refractivity (Wildman–Crippen MR) is 110 cm³/mol. The maximum absolute atomic E-state index is 10.6. The van der Waals surface area contributed by atoms with Crippen LogP contribution in [-0.2, 0) is 14.3 Å². The first-order valence-corrected chi connectivity index (χ1v) is 10.9. The number of aliphatic hydroxyl groups is 1. The fourth-order valence-corrected chi connectivity index (χ4v) is 4.39. The van der Waals surface area contributed by atoms with Gasteiger partial charge in [0.05, 0.1) is 31.3 Å². The summed E-state index contributed by atoms with van der Waals surface area (Å²) in [5, 5.41) is 28.7. The Labute approximate surface area is 174 Å². The minimum atomic E-state index is -0.777. The van der Waals surface area contributed by atoms with Crippen molar-refractivity contribution in [2.24, 2.45) is 17.8 Å². The molecule has 2 N–H and O–H groups in total. The molecule has 1 saturated heterocycles. The second-order valence-electron chi connectivity index (χ2n) is 8.07. The number of allylic oxidation sites excluding steroid dienone is 3. The fourth-order valence-electron chi connectivity index (χ4n) is 4.39. The third kappa shape index (κ3) is 6.95. The summed E-state index contributed by atoms with van der Waals surface area (Å²) in [6.07, 6.45) is 14.1. The van der Waals surface area contributed by atoms with Gasteiger partial charge in [-0.05, 0) is 25.7 Å². The summed E-state index contributed by atoms with van der Waals surface area (Å²) in [5.41, 5.74) is 0. The second-order valence-corrected chi connectivity index (χ2v) is 8.07. The largest absolute Gasteiger partial charge is 0.481 e. The maximum Gasteiger partial charge on any atom is 0.303 e. The van der Waals surface area contributed by atoms with Crippen LogP contribution in [0.2, 0.25) is 0 Å². The Morgan fingerprint density at radius 2 is 2.03 bits per heavy atom. The number of carboxylic acids is 1. The van der Waals surface area contributed by atoms with E-state index in [9.17, 15) is 15.2 Å². The topological polar surface area (TPSA) is 99.8 Å². The van der Waals surface area contributed by atoms with Gasteiger partial charge in [-0.1, -0.05) is 50.5 Å². The lowest BCUT2D eigenvalue weighted by molar-refractivity contribution is -0.184. The highest BCUT2D eigenvalue weighted by Crippen LogP contribution is 2.51. The zero-order valence-electron chi connectivity index (χ0n) is 17.5. The molecule has 6 heteroatoms. The van der Waals surface area contributed by atoms with Crippen LogP contribution in [0.15, 0.2) is 24.3 Å². The Morgan fingerprint density at radius 1 is 1.28 bits per heavy atom. The monoisotopic (exact) mass is 405 g/mol. The summed E-state index contributed by atoms with van der Waals surface area (Å²) in [6, 6.07) is 2.41. The number of unbranched alkanes of at least 4 members (excludes halogenated alkanes) is 3. The summed E-state index contributed by atoms with van der Waals surface area (Å²) >= 11 is 0. The van der Waals surface area contributed by atoms with Gasteiger partial charge >= 0.3 is 5.97 Å². The molecule has 1 saturated carbocycles. The molecule has 1 spiro atoms. The first kappa shape index (κ1) is 23.6. The van der Waals surface area contributed by atoms with Gasteiger partial charge in [-0.3, -0.25) is 4.79 Å². The van der Waals surface area contributed by atoms with Gasteiger partial charge in [0.2, 0.25) is 0 Å². The molecule has 1 aliphatic heterocycles. The third-order valence-corrected chi connectivity index (χ3v) is 5.92. The Kier molecular flexibility index (Phi) is 9.86. The van der Waals surface area contributed by atoms with E-state index in [4.69, 9.17) is 14.6 Å². The van der Waals surface area contributed by atoms with Crippen molar-refractivity contribution < 1.29 is 24.5 Å². The van der Waals surface area contributed by atoms with E-state index in [0.29, 0.717) is 38.9 Å². The van der Waals surface area contributed by atoms with Gasteiger partial charge in [-0.2, -0.15) is 5.26 Å². The average molecular weight is 406 g/mol. The number of carboxylic acid groups (broad SMARTS) is 1. The quantitative estimate of drug-likeness (QED) is 0.373. The van der Waals surface area contributed by atoms with Gasteiger partial charge in [0.25, 0.3) is 0 Å². The number of hydrogen-bond donors (Lipinski definition) is 2. The molecule has 0 bridgehead atoms. The third-order valence-electron chi connectivity index (χ3n) is 5.92. The van der Waals surface area contributed by atoms with E-state index in [2.05, 4.69) is 19.1 Å². The molecule has 0 aromatic heterocycles. The number of aliphatic hydroxyl groups excluding tert-OH is 1. The van der Waals surface area contributed by atoms with Gasteiger partial charge in [-0.15, -0.1) is 0 Å². The summed E-state index contributed by atoms with van der Waals surface area (Å²) in [6.45, 7) is 3.21. The Bertz CT molecular complexity index is 603. The van der Waals surface area contributed by atoms with Gasteiger partial charge in [0, 0.05) is 24.7 Å². The van der Waals surface area contributed by atoms with E-state index >= 15 is 0 Å². The molecule has 2 fully saturated rings. The second kappa shape index (κ2) is 12.1. The van der Waals surface area contributed by atoms with Crippen LogP contribution in [0.3, 0.4) is 0 Å². The number of ether oxygens (including phenoxy) is 2. The van der Waals surface area contributed by atoms with Crippen molar-refractivity contribution in [2.45, 2.75) is 76.6 Å². The van der Waals surface area contributed by atoms with E-state index in [1.165, 1.54) is 0 Å². The van der Waals surface area contributed by atoms with Crippen molar-refractivity contribution in [1.29, 1.82) is 5.26 Å². The molecule has 2 unspecified atom stereocenters. The number of carbonyl (C=O) groups is 1. The molecular formula is C23H35NO5. The normalized spacial score (nSPS) is 27.1. The van der Waals surface area contributed by atoms with Gasteiger partial charge in [-0.25, -0.2) is 0 Å². The fraction of sp³-hybridized carbons (Fsp3) is 0.739. The van der Waals surface area contributed by atoms with Gasteiger partial charge in [0.15, 0.2) is 5.79 Å². The molecule has 1 heterocycles. The van der Waals surface area contributed by atoms with E-state index < -0.39 is 17.9 Å². The molecule has 4 atom stereocenters. The van der Waals surface area contributed by atoms with Crippen molar-refractivity contribution in [2.75, 3.05) is 13.2 Å². The number of aliphatic carboxylic acids is 1. The van der Waals surface area contributed by atoms with E-state index in [1.807, 2.05) is 18.2 Å². The number of rotatable bonds is 12. The van der Waals surface area contributed by atoms with Crippen LogP contribution in [0.1, 0.15) is 64.7 Å². The van der Waals surface area contributed by atoms with E-state index in [0.717, 1.165) is 25.7 Å². The highest BCUT2D eigenvalue weighted by atomic mass is 16.7. The summed E-state index contributed by atoms with van der Waals surface area (Å²) in [5.74, 6) is -1.75. The molecule has 0 aromatic rings. The minimum absolute atomic E-state index is 0.00413. The van der Waals surface area contributed by atoms with Crippen molar-refractivity contribution >= 4 is 5.97 Å². The van der Waals surface area contributed by atoms with Crippen LogP contribution in [-0.4, -0.2) is 41.3 Å². The van der Waals surface area contributed by atoms with Crippen molar-refractivity contribution in [1.82, 2.24) is 0 Å². The zero-order valence-corrected chi connectivity index (χ0v) is 17.5. The molecule has 2 aliphatic rings. The average Bonchev–Trinajstić information content (AvgIpc) is 3.28. The smallest absolute Gasteiger partial charge is 0.303 e. The minimum Gasteiger partial charge on any atom is -0.481 e. The first-order valence-electron chi connectivity index (χ1n) is 10.9. The Hall–Kier alpha value is -1.68. The van der Waals surface area contributed by atoms with Crippen molar-refractivity contribution in [3.05, 3.63) is 24.3 Å². The van der Waals surface area contributed by atoms with E-state index in [-0.39, 0.29) is 24.2 Å². The molecule has 29 heavy (non-hydrogen) atoms. The van der Waals surface area contributed by atoms with Crippen LogP contribution in [0.25, 0.3) is 0 Å². The summed E-state index contributed by atoms with van der Waals surface area (Å²) < 4.78 is 12.0. The lowest BCUT2D eigenvalue weighted by atomic mass is 9.85. The Morgan fingerprint density at radius 3 is 2.69 bits per heavy atom. The van der Waals surface area contributed by atoms with Crippen molar-refractivity contribution in [3.8, 4) is 6.07 Å². The van der Waals surface area contributed by atoms with Crippen LogP contribution in [0.5, 0.6) is 0 Å². The zero-order chi connectivity index (χ0) is 21.1. The molecule has 0 radical (unpaired) electrons. The van der Waals surface area contributed by atoms with Crippen LogP contribution < -0.4 is 0 Å². The van der Waals surface area contributed by atoms with Crippen LogP contribution >= 0.6 is 0 Å². The molecule has 0 aromatic carbocycles. The molecular weight excluding hydrogens is 370 g/mol. The molecule has 162 valence electrons. The standard InChI is InChI=1S/C23H35NO5/c1-2-3-6-9-19(25)12-13-20-18(17-24)16-23(28-14-15-29-23)21(20)10-7-4-5-8-11-22(26)27/h4,7,12-13,18-21,25H,2-3,5-6,8-11,14-16H2,1H3,(H,26,27)/t18-,19+,20?,21?/m0/s1. The molecule has 6 nitrogen and oxygen atoms in total. The summed E-state index contributed by atoms with van der Waals surface area (Å²) in [4.78, 5) is 10.6. The lowest BCUT2D eigenvalue weighted by Gasteiger charge is -2.30. The molecule has 2 rings (SSSR count). The van der Waals surface area contributed by atoms with Gasteiger partial charge in [0.1, 0.15) is 0 Å². The first-order chi connectivity index (χ1) is 14.0. The van der Waals surface area contributed by atoms with Crippen LogP contribution in [0, 0.1) is 29.1 Å². The lowest BCUT2D eigenvalue weighted by Crippen LogP contribution is -2.36. The molecule has 0 amide bonds. The highest BCUT2D eigenvalue weighted by Gasteiger charge is 2.56. The maximum atomic E-state index is 10.6.